The molecule has 2 rings (SSSR count). The van der Waals surface area contributed by atoms with Crippen LogP contribution < -0.4 is 10.5 Å². The van der Waals surface area contributed by atoms with Crippen molar-refractivity contribution in [2.75, 3.05) is 12.3 Å². The third kappa shape index (κ3) is 3.54. The lowest BCUT2D eigenvalue weighted by Gasteiger charge is -2.08. The highest BCUT2D eigenvalue weighted by Crippen LogP contribution is 2.21. The van der Waals surface area contributed by atoms with Gasteiger partial charge in [0, 0.05) is 12.2 Å². The fourth-order valence-corrected chi connectivity index (χ4v) is 3.26. The standard InChI is InChI=1S/C13H17FN2O2S/c14-12-6-5-11(15)9-13(12)19(17,18)16-8-7-10-3-1-2-4-10/h3,5-6,9,16H,1-2,4,7-8,15H2. The summed E-state index contributed by atoms with van der Waals surface area (Å²) in [4.78, 5) is -0.395. The Morgan fingerprint density at radius 1 is 1.37 bits per heavy atom. The smallest absolute Gasteiger partial charge is 0.243 e. The van der Waals surface area contributed by atoms with Gasteiger partial charge < -0.3 is 5.73 Å². The van der Waals surface area contributed by atoms with Crippen LogP contribution in [0.2, 0.25) is 0 Å². The number of nitrogens with two attached hydrogens (primary N) is 1. The predicted octanol–water partition coefficient (Wildman–Crippen LogP) is 2.19. The zero-order valence-corrected chi connectivity index (χ0v) is 11.3. The molecule has 0 unspecified atom stereocenters. The Labute approximate surface area is 112 Å². The molecule has 104 valence electrons. The van der Waals surface area contributed by atoms with Crippen molar-refractivity contribution in [1.29, 1.82) is 0 Å². The van der Waals surface area contributed by atoms with Crippen LogP contribution >= 0.6 is 0 Å². The number of nitrogen functional groups attached to an aromatic ring is 1. The molecule has 0 bridgehead atoms. The highest BCUT2D eigenvalue weighted by Gasteiger charge is 2.19. The van der Waals surface area contributed by atoms with Gasteiger partial charge in [0.2, 0.25) is 10.0 Å². The molecule has 1 aliphatic carbocycles. The molecule has 0 saturated heterocycles. The fourth-order valence-electron chi connectivity index (χ4n) is 2.11. The van der Waals surface area contributed by atoms with Gasteiger partial charge in [-0.25, -0.2) is 17.5 Å². The number of nitrogens with one attached hydrogen (secondary N) is 1. The quantitative estimate of drug-likeness (QED) is 0.643. The van der Waals surface area contributed by atoms with Crippen molar-refractivity contribution >= 4 is 15.7 Å². The largest absolute Gasteiger partial charge is 0.399 e. The highest BCUT2D eigenvalue weighted by atomic mass is 32.2. The summed E-state index contributed by atoms with van der Waals surface area (Å²) in [6.07, 6.45) is 6.02. The summed E-state index contributed by atoms with van der Waals surface area (Å²) in [5.74, 6) is -0.790. The number of benzene rings is 1. The van der Waals surface area contributed by atoms with E-state index in [2.05, 4.69) is 10.8 Å². The molecule has 0 spiro atoms. The SMILES string of the molecule is Nc1ccc(F)c(S(=O)(=O)NCCC2=CCCC2)c1. The summed E-state index contributed by atoms with van der Waals surface area (Å²) in [5, 5.41) is 0. The van der Waals surface area contributed by atoms with Crippen LogP contribution in [0.15, 0.2) is 34.7 Å². The van der Waals surface area contributed by atoms with E-state index in [-0.39, 0.29) is 12.2 Å². The summed E-state index contributed by atoms with van der Waals surface area (Å²) in [5.41, 5.74) is 6.97. The fraction of sp³-hybridized carbons (Fsp3) is 0.385. The first kappa shape index (κ1) is 14.0. The van der Waals surface area contributed by atoms with Gasteiger partial charge in [-0.15, -0.1) is 0 Å². The normalized spacial score (nSPS) is 15.5. The Bertz CT molecular complexity index is 597. The van der Waals surface area contributed by atoms with E-state index < -0.39 is 20.7 Å². The number of anilines is 1. The Morgan fingerprint density at radius 2 is 2.16 bits per heavy atom. The number of rotatable bonds is 5. The number of allylic oxidation sites excluding steroid dienone is 1. The number of halogens is 1. The van der Waals surface area contributed by atoms with Gasteiger partial charge in [-0.3, -0.25) is 0 Å². The van der Waals surface area contributed by atoms with E-state index in [1.807, 2.05) is 0 Å². The number of hydrogen-bond donors (Lipinski definition) is 2. The molecule has 0 heterocycles. The maximum Gasteiger partial charge on any atom is 0.243 e. The Kier molecular flexibility index (Phi) is 4.21. The third-order valence-corrected chi connectivity index (χ3v) is 4.59. The first-order valence-corrected chi connectivity index (χ1v) is 7.70. The van der Waals surface area contributed by atoms with Crippen LogP contribution in [-0.2, 0) is 10.0 Å². The van der Waals surface area contributed by atoms with Crippen molar-refractivity contribution in [2.45, 2.75) is 30.6 Å². The van der Waals surface area contributed by atoms with E-state index in [9.17, 15) is 12.8 Å². The third-order valence-electron chi connectivity index (χ3n) is 3.12. The molecule has 19 heavy (non-hydrogen) atoms. The Balaban J connectivity index is 2.03. The van der Waals surface area contributed by atoms with E-state index in [0.717, 1.165) is 31.4 Å². The van der Waals surface area contributed by atoms with Crippen LogP contribution in [-0.4, -0.2) is 15.0 Å². The molecule has 6 heteroatoms. The van der Waals surface area contributed by atoms with Gasteiger partial charge in [0.15, 0.2) is 0 Å². The molecule has 0 amide bonds. The highest BCUT2D eigenvalue weighted by molar-refractivity contribution is 7.89. The van der Waals surface area contributed by atoms with Gasteiger partial charge in [0.05, 0.1) is 0 Å². The summed E-state index contributed by atoms with van der Waals surface area (Å²) in [7, 11) is -3.84. The molecule has 1 aliphatic rings. The average Bonchev–Trinajstić information content (AvgIpc) is 2.85. The minimum absolute atomic E-state index is 0.222. The predicted molar refractivity (Wildman–Crippen MR) is 72.6 cm³/mol. The van der Waals surface area contributed by atoms with Crippen LogP contribution in [0.25, 0.3) is 0 Å². The van der Waals surface area contributed by atoms with E-state index in [1.165, 1.54) is 11.6 Å². The summed E-state index contributed by atoms with van der Waals surface area (Å²) in [6.45, 7) is 0.280. The van der Waals surface area contributed by atoms with Gasteiger partial charge in [-0.05, 0) is 43.9 Å². The second-order valence-corrected chi connectivity index (χ2v) is 6.33. The molecule has 0 radical (unpaired) electrons. The molecule has 0 aromatic heterocycles. The lowest BCUT2D eigenvalue weighted by atomic mass is 10.2. The first-order valence-electron chi connectivity index (χ1n) is 6.21. The molecular formula is C13H17FN2O2S. The van der Waals surface area contributed by atoms with E-state index in [0.29, 0.717) is 6.42 Å². The second kappa shape index (κ2) is 5.71. The van der Waals surface area contributed by atoms with Crippen LogP contribution in [0.1, 0.15) is 25.7 Å². The molecule has 4 nitrogen and oxygen atoms in total. The van der Waals surface area contributed by atoms with E-state index in [1.54, 1.807) is 0 Å². The van der Waals surface area contributed by atoms with Crippen molar-refractivity contribution in [3.8, 4) is 0 Å². The van der Waals surface area contributed by atoms with Gasteiger partial charge in [0.25, 0.3) is 0 Å². The maximum absolute atomic E-state index is 13.5. The lowest BCUT2D eigenvalue weighted by Crippen LogP contribution is -2.26. The molecular weight excluding hydrogens is 267 g/mol. The van der Waals surface area contributed by atoms with Crippen molar-refractivity contribution in [3.63, 3.8) is 0 Å². The van der Waals surface area contributed by atoms with Gasteiger partial charge >= 0.3 is 0 Å². The van der Waals surface area contributed by atoms with Crippen LogP contribution in [0.3, 0.4) is 0 Å². The molecule has 0 atom stereocenters. The molecule has 0 aliphatic heterocycles. The van der Waals surface area contributed by atoms with Crippen LogP contribution in [0.4, 0.5) is 10.1 Å². The van der Waals surface area contributed by atoms with E-state index >= 15 is 0 Å². The van der Waals surface area contributed by atoms with Crippen molar-refractivity contribution in [3.05, 3.63) is 35.7 Å². The molecule has 0 fully saturated rings. The Hall–Kier alpha value is -1.40. The van der Waals surface area contributed by atoms with Gasteiger partial charge in [-0.2, -0.15) is 0 Å². The van der Waals surface area contributed by atoms with Crippen molar-refractivity contribution in [2.24, 2.45) is 0 Å². The summed E-state index contributed by atoms with van der Waals surface area (Å²) in [6, 6.07) is 3.52. The zero-order valence-electron chi connectivity index (χ0n) is 10.5. The topological polar surface area (TPSA) is 72.2 Å². The second-order valence-electron chi connectivity index (χ2n) is 4.59. The maximum atomic E-state index is 13.5. The van der Waals surface area contributed by atoms with Crippen LogP contribution in [0.5, 0.6) is 0 Å². The minimum Gasteiger partial charge on any atom is -0.399 e. The van der Waals surface area contributed by atoms with Crippen molar-refractivity contribution in [1.82, 2.24) is 4.72 Å². The number of hydrogen-bond acceptors (Lipinski definition) is 3. The zero-order chi connectivity index (χ0) is 13.9. The first-order chi connectivity index (χ1) is 8.99. The minimum atomic E-state index is -3.84. The monoisotopic (exact) mass is 284 g/mol. The van der Waals surface area contributed by atoms with E-state index in [4.69, 9.17) is 5.73 Å². The lowest BCUT2D eigenvalue weighted by molar-refractivity contribution is 0.557. The Morgan fingerprint density at radius 3 is 2.84 bits per heavy atom. The molecule has 1 aromatic rings. The summed E-state index contributed by atoms with van der Waals surface area (Å²) >= 11 is 0. The number of sulfonamides is 1. The van der Waals surface area contributed by atoms with Gasteiger partial charge in [-0.1, -0.05) is 11.6 Å². The summed E-state index contributed by atoms with van der Waals surface area (Å²) < 4.78 is 39.8. The molecule has 1 aromatic carbocycles. The molecule has 3 N–H and O–H groups in total. The van der Waals surface area contributed by atoms with Crippen molar-refractivity contribution < 1.29 is 12.8 Å². The van der Waals surface area contributed by atoms with Gasteiger partial charge in [0.1, 0.15) is 10.7 Å². The average molecular weight is 284 g/mol. The molecule has 0 saturated carbocycles. The van der Waals surface area contributed by atoms with Crippen LogP contribution in [0, 0.1) is 5.82 Å².